The minimum Gasteiger partial charge on any atom is -0.358 e. The molecule has 0 saturated heterocycles. The molecule has 29 heavy (non-hydrogen) atoms. The number of fused-ring (bicyclic) bond motifs is 2. The first kappa shape index (κ1) is 20.6. The van der Waals surface area contributed by atoms with Gasteiger partial charge in [0.2, 0.25) is 0 Å². The van der Waals surface area contributed by atoms with E-state index in [2.05, 4.69) is 88.0 Å². The second-order valence-corrected chi connectivity index (χ2v) is 9.50. The number of hydrogen-bond donors (Lipinski definition) is 0. The van der Waals surface area contributed by atoms with Crippen LogP contribution in [0.15, 0.2) is 48.5 Å². The average molecular weight is 392 g/mol. The maximum absolute atomic E-state index is 7.02. The highest BCUT2D eigenvalue weighted by Gasteiger charge is 2.48. The third-order valence-corrected chi connectivity index (χ3v) is 7.17. The van der Waals surface area contributed by atoms with E-state index in [0.29, 0.717) is 18.1 Å². The van der Waals surface area contributed by atoms with Crippen molar-refractivity contribution in [2.75, 3.05) is 0 Å². The lowest BCUT2D eigenvalue weighted by Crippen LogP contribution is -2.48. The van der Waals surface area contributed by atoms with Crippen molar-refractivity contribution in [1.29, 1.82) is 0 Å². The first-order valence-corrected chi connectivity index (χ1v) is 11.6. The predicted molar refractivity (Wildman–Crippen MR) is 121 cm³/mol. The molecule has 1 atom stereocenters. The Kier molecular flexibility index (Phi) is 5.86. The molecule has 4 rings (SSSR count). The summed E-state index contributed by atoms with van der Waals surface area (Å²) in [7, 11) is 0. The summed E-state index contributed by atoms with van der Waals surface area (Å²) in [5.41, 5.74) is 5.47. The SMILES string of the molecule is CCc1ccccc1C1OC2(CCC(N(C(C)C)C(C)C)CC2)c2ccccc21. The van der Waals surface area contributed by atoms with E-state index < -0.39 is 0 Å². The minimum absolute atomic E-state index is 0.0743. The monoisotopic (exact) mass is 391 g/mol. The molecule has 1 saturated carbocycles. The number of ether oxygens (including phenoxy) is 1. The normalized spacial score (nSPS) is 26.6. The van der Waals surface area contributed by atoms with Gasteiger partial charge in [-0.2, -0.15) is 0 Å². The molecule has 0 N–H and O–H groups in total. The van der Waals surface area contributed by atoms with Gasteiger partial charge in [0.25, 0.3) is 0 Å². The van der Waals surface area contributed by atoms with Crippen LogP contribution in [0.5, 0.6) is 0 Å². The van der Waals surface area contributed by atoms with Gasteiger partial charge in [-0.1, -0.05) is 55.5 Å². The van der Waals surface area contributed by atoms with Crippen molar-refractivity contribution in [2.45, 2.75) is 96.6 Å². The summed E-state index contributed by atoms with van der Waals surface area (Å²) in [6, 6.07) is 19.7. The molecule has 156 valence electrons. The van der Waals surface area contributed by atoms with Crippen molar-refractivity contribution in [3.8, 4) is 0 Å². The number of nitrogens with zero attached hydrogens (tertiary/aromatic N) is 1. The molecule has 0 bridgehead atoms. The van der Waals surface area contributed by atoms with E-state index in [1.165, 1.54) is 35.1 Å². The molecule has 1 aliphatic carbocycles. The second-order valence-electron chi connectivity index (χ2n) is 9.50. The van der Waals surface area contributed by atoms with Crippen LogP contribution in [-0.2, 0) is 16.8 Å². The lowest BCUT2D eigenvalue weighted by molar-refractivity contribution is -0.0994. The van der Waals surface area contributed by atoms with E-state index >= 15 is 0 Å². The molecule has 1 heterocycles. The summed E-state index contributed by atoms with van der Waals surface area (Å²) < 4.78 is 7.02. The topological polar surface area (TPSA) is 12.5 Å². The van der Waals surface area contributed by atoms with Gasteiger partial charge in [0.1, 0.15) is 6.10 Å². The van der Waals surface area contributed by atoms with Crippen molar-refractivity contribution in [3.05, 3.63) is 70.8 Å². The van der Waals surface area contributed by atoms with E-state index in [4.69, 9.17) is 4.74 Å². The molecule has 2 aromatic rings. The molecule has 2 aromatic carbocycles. The zero-order valence-corrected chi connectivity index (χ0v) is 18.8. The van der Waals surface area contributed by atoms with Gasteiger partial charge in [-0.25, -0.2) is 0 Å². The number of aryl methyl sites for hydroxylation is 1. The summed E-state index contributed by atoms with van der Waals surface area (Å²) >= 11 is 0. The van der Waals surface area contributed by atoms with Crippen LogP contribution >= 0.6 is 0 Å². The predicted octanol–water partition coefficient (Wildman–Crippen LogP) is 6.63. The Hall–Kier alpha value is -1.64. The van der Waals surface area contributed by atoms with E-state index in [1.807, 2.05) is 0 Å². The van der Waals surface area contributed by atoms with E-state index in [9.17, 15) is 0 Å². The lowest BCUT2D eigenvalue weighted by atomic mass is 9.76. The summed E-state index contributed by atoms with van der Waals surface area (Å²) in [6.45, 7) is 11.6. The number of benzene rings is 2. The quantitative estimate of drug-likeness (QED) is 0.567. The number of hydrogen-bond acceptors (Lipinski definition) is 2. The van der Waals surface area contributed by atoms with E-state index in [1.54, 1.807) is 0 Å². The highest BCUT2D eigenvalue weighted by Crippen LogP contribution is 2.54. The largest absolute Gasteiger partial charge is 0.358 e. The van der Waals surface area contributed by atoms with Gasteiger partial charge < -0.3 is 4.74 Å². The Balaban J connectivity index is 1.63. The van der Waals surface area contributed by atoms with Gasteiger partial charge in [-0.3, -0.25) is 4.90 Å². The molecule has 2 nitrogen and oxygen atoms in total. The summed E-state index contributed by atoms with van der Waals surface area (Å²) in [5.74, 6) is 0. The molecular weight excluding hydrogens is 354 g/mol. The number of rotatable bonds is 5. The Bertz CT molecular complexity index is 824. The molecular formula is C27H37NO. The van der Waals surface area contributed by atoms with Crippen LogP contribution in [0.3, 0.4) is 0 Å². The van der Waals surface area contributed by atoms with Gasteiger partial charge in [0.05, 0.1) is 5.60 Å². The molecule has 1 fully saturated rings. The van der Waals surface area contributed by atoms with Crippen molar-refractivity contribution in [1.82, 2.24) is 4.90 Å². The third kappa shape index (κ3) is 3.66. The van der Waals surface area contributed by atoms with Gasteiger partial charge in [-0.15, -0.1) is 0 Å². The van der Waals surface area contributed by atoms with Crippen LogP contribution in [0.25, 0.3) is 0 Å². The average Bonchev–Trinajstić information content (AvgIpc) is 3.03. The van der Waals surface area contributed by atoms with E-state index in [-0.39, 0.29) is 11.7 Å². The van der Waals surface area contributed by atoms with E-state index in [0.717, 1.165) is 19.3 Å². The summed E-state index contributed by atoms with van der Waals surface area (Å²) in [4.78, 5) is 2.71. The molecule has 2 heteroatoms. The molecule has 1 aliphatic heterocycles. The van der Waals surface area contributed by atoms with Crippen LogP contribution in [-0.4, -0.2) is 23.0 Å². The molecule has 0 amide bonds. The minimum atomic E-state index is -0.113. The molecule has 2 aliphatic rings. The third-order valence-electron chi connectivity index (χ3n) is 7.17. The molecule has 0 aromatic heterocycles. The van der Waals surface area contributed by atoms with Crippen LogP contribution in [0, 0.1) is 0 Å². The van der Waals surface area contributed by atoms with Crippen molar-refractivity contribution < 1.29 is 4.74 Å². The standard InChI is InChI=1S/C27H37NO/c1-6-21-11-7-8-12-23(21)26-24-13-9-10-14-25(24)27(29-26)17-15-22(16-18-27)28(19(2)3)20(4)5/h7-14,19-20,22,26H,6,15-18H2,1-5H3. The molecule has 1 spiro atoms. The Morgan fingerprint density at radius 3 is 2.10 bits per heavy atom. The maximum Gasteiger partial charge on any atom is 0.109 e. The smallest absolute Gasteiger partial charge is 0.109 e. The Morgan fingerprint density at radius 2 is 1.48 bits per heavy atom. The van der Waals surface area contributed by atoms with Crippen LogP contribution < -0.4 is 0 Å². The first-order valence-electron chi connectivity index (χ1n) is 11.6. The zero-order valence-electron chi connectivity index (χ0n) is 18.8. The summed E-state index contributed by atoms with van der Waals surface area (Å²) in [5, 5.41) is 0. The fourth-order valence-electron chi connectivity index (χ4n) is 6.03. The highest BCUT2D eigenvalue weighted by molar-refractivity contribution is 5.46. The van der Waals surface area contributed by atoms with Gasteiger partial charge in [0, 0.05) is 18.1 Å². The van der Waals surface area contributed by atoms with Crippen LogP contribution in [0.1, 0.15) is 88.7 Å². The Labute approximate surface area is 177 Å². The van der Waals surface area contributed by atoms with Gasteiger partial charge >= 0.3 is 0 Å². The lowest BCUT2D eigenvalue weighted by Gasteiger charge is -2.45. The van der Waals surface area contributed by atoms with Crippen LogP contribution in [0.2, 0.25) is 0 Å². The Morgan fingerprint density at radius 1 is 0.897 bits per heavy atom. The first-order chi connectivity index (χ1) is 14.0. The van der Waals surface area contributed by atoms with Crippen molar-refractivity contribution >= 4 is 0 Å². The fourth-order valence-corrected chi connectivity index (χ4v) is 6.03. The van der Waals surface area contributed by atoms with Crippen LogP contribution in [0.4, 0.5) is 0 Å². The van der Waals surface area contributed by atoms with Crippen molar-refractivity contribution in [3.63, 3.8) is 0 Å². The highest BCUT2D eigenvalue weighted by atomic mass is 16.5. The molecule has 0 radical (unpaired) electrons. The zero-order chi connectivity index (χ0) is 20.6. The second kappa shape index (κ2) is 8.24. The molecule has 1 unspecified atom stereocenters. The van der Waals surface area contributed by atoms with Gasteiger partial charge in [-0.05, 0) is 82.1 Å². The van der Waals surface area contributed by atoms with Crippen molar-refractivity contribution in [2.24, 2.45) is 0 Å². The maximum atomic E-state index is 7.02. The van der Waals surface area contributed by atoms with Gasteiger partial charge in [0.15, 0.2) is 0 Å². The summed E-state index contributed by atoms with van der Waals surface area (Å²) in [6.07, 6.45) is 5.79. The fraction of sp³-hybridized carbons (Fsp3) is 0.556.